The molecule has 5 heteroatoms. The molecule has 0 fully saturated rings. The summed E-state index contributed by atoms with van der Waals surface area (Å²) in [6.07, 6.45) is 2.74. The van der Waals surface area contributed by atoms with Gasteiger partial charge in [-0.25, -0.2) is 8.78 Å². The molecule has 0 aliphatic rings. The topological polar surface area (TPSA) is 42.0 Å². The van der Waals surface area contributed by atoms with E-state index in [0.29, 0.717) is 17.4 Å². The Morgan fingerprint density at radius 1 is 1.03 bits per heavy atom. The molecule has 3 rings (SSSR count). The van der Waals surface area contributed by atoms with Crippen molar-refractivity contribution in [3.63, 3.8) is 0 Å². The Bertz CT molecular complexity index is 1030. The Balaban J connectivity index is 1.89. The zero-order valence-corrected chi connectivity index (χ0v) is 17.2. The Morgan fingerprint density at radius 2 is 1.72 bits per heavy atom. The number of rotatable bonds is 5. The maximum Gasteiger partial charge on any atom is 0.253 e. The van der Waals surface area contributed by atoms with Crippen LogP contribution in [0.3, 0.4) is 0 Å². The van der Waals surface area contributed by atoms with Crippen LogP contribution in [0.2, 0.25) is 0 Å². The lowest BCUT2D eigenvalue weighted by molar-refractivity contribution is 0.0879. The van der Waals surface area contributed by atoms with Crippen LogP contribution in [0.5, 0.6) is 0 Å². The maximum absolute atomic E-state index is 13.9. The van der Waals surface area contributed by atoms with E-state index in [1.165, 1.54) is 12.3 Å². The predicted molar refractivity (Wildman–Crippen MR) is 112 cm³/mol. The highest BCUT2D eigenvalue weighted by molar-refractivity contribution is 5.97. The number of amides is 1. The second-order valence-corrected chi connectivity index (χ2v) is 9.07. The standard InChI is InChI=1S/C24H26F2N2O/c1-23(2,3)15-24(4,13-16-8-6-5-7-9-16)28-22(29)18-12-17-10-11-19(25)20(26)21(17)27-14-18/h5-12,14H,13,15H2,1-4H3,(H,28,29)/t24-/m1/s1. The largest absolute Gasteiger partial charge is 0.346 e. The summed E-state index contributed by atoms with van der Waals surface area (Å²) in [6, 6.07) is 14.0. The van der Waals surface area contributed by atoms with Crippen LogP contribution in [0, 0.1) is 17.0 Å². The van der Waals surface area contributed by atoms with Crippen LogP contribution in [-0.2, 0) is 6.42 Å². The molecular weight excluding hydrogens is 370 g/mol. The third-order valence-electron chi connectivity index (χ3n) is 4.78. The molecular formula is C24H26F2N2O. The molecule has 0 saturated carbocycles. The number of hydrogen-bond acceptors (Lipinski definition) is 2. The molecule has 1 N–H and O–H groups in total. The number of nitrogens with zero attached hydrogens (tertiary/aromatic N) is 1. The second-order valence-electron chi connectivity index (χ2n) is 9.07. The zero-order valence-electron chi connectivity index (χ0n) is 17.2. The number of benzene rings is 2. The van der Waals surface area contributed by atoms with Gasteiger partial charge in [0.15, 0.2) is 11.6 Å². The van der Waals surface area contributed by atoms with E-state index in [9.17, 15) is 13.6 Å². The fraction of sp³-hybridized carbons (Fsp3) is 0.333. The lowest BCUT2D eigenvalue weighted by Gasteiger charge is -2.37. The smallest absolute Gasteiger partial charge is 0.253 e. The summed E-state index contributed by atoms with van der Waals surface area (Å²) in [4.78, 5) is 17.0. The third-order valence-corrected chi connectivity index (χ3v) is 4.78. The molecule has 1 aromatic heterocycles. The fourth-order valence-corrected chi connectivity index (χ4v) is 3.98. The van der Waals surface area contributed by atoms with Gasteiger partial charge in [-0.15, -0.1) is 0 Å². The van der Waals surface area contributed by atoms with Crippen molar-refractivity contribution in [1.82, 2.24) is 10.3 Å². The van der Waals surface area contributed by atoms with Gasteiger partial charge in [0.1, 0.15) is 5.52 Å². The highest BCUT2D eigenvalue weighted by Gasteiger charge is 2.32. The Labute approximate surface area is 170 Å². The maximum atomic E-state index is 13.9. The SMILES string of the molecule is CC(C)(C)C[C@@](C)(Cc1ccccc1)NC(=O)c1cnc2c(F)c(F)ccc2c1. The van der Waals surface area contributed by atoms with Crippen molar-refractivity contribution in [2.24, 2.45) is 5.41 Å². The molecule has 3 aromatic rings. The van der Waals surface area contributed by atoms with Crippen LogP contribution < -0.4 is 5.32 Å². The Kier molecular flexibility index (Phi) is 5.69. The minimum absolute atomic E-state index is 0.000892. The normalized spacial score (nSPS) is 13.9. The van der Waals surface area contributed by atoms with Gasteiger partial charge in [0.2, 0.25) is 0 Å². The molecule has 1 atom stereocenters. The van der Waals surface area contributed by atoms with Crippen molar-refractivity contribution >= 4 is 16.8 Å². The molecule has 0 aliphatic carbocycles. The van der Waals surface area contributed by atoms with Crippen LogP contribution in [0.25, 0.3) is 10.9 Å². The van der Waals surface area contributed by atoms with Gasteiger partial charge in [0.25, 0.3) is 5.91 Å². The van der Waals surface area contributed by atoms with E-state index in [1.807, 2.05) is 37.3 Å². The average molecular weight is 396 g/mol. The number of fused-ring (bicyclic) bond motifs is 1. The number of nitrogens with one attached hydrogen (secondary N) is 1. The van der Waals surface area contributed by atoms with Gasteiger partial charge in [-0.05, 0) is 48.9 Å². The molecule has 0 saturated heterocycles. The number of halogens is 2. The first-order valence-electron chi connectivity index (χ1n) is 9.67. The summed E-state index contributed by atoms with van der Waals surface area (Å²) in [6.45, 7) is 8.44. The number of pyridine rings is 1. The van der Waals surface area contributed by atoms with Gasteiger partial charge in [0.05, 0.1) is 5.56 Å². The van der Waals surface area contributed by atoms with Crippen molar-refractivity contribution in [2.45, 2.75) is 46.1 Å². The van der Waals surface area contributed by atoms with Gasteiger partial charge in [-0.2, -0.15) is 0 Å². The lowest BCUT2D eigenvalue weighted by Crippen LogP contribution is -2.50. The van der Waals surface area contributed by atoms with Crippen molar-refractivity contribution in [3.8, 4) is 0 Å². The van der Waals surface area contributed by atoms with Gasteiger partial charge in [0, 0.05) is 17.1 Å². The molecule has 152 valence electrons. The van der Waals surface area contributed by atoms with Crippen molar-refractivity contribution < 1.29 is 13.6 Å². The molecule has 1 heterocycles. The van der Waals surface area contributed by atoms with E-state index in [2.05, 4.69) is 31.1 Å². The fourth-order valence-electron chi connectivity index (χ4n) is 3.98. The highest BCUT2D eigenvalue weighted by Crippen LogP contribution is 2.30. The molecule has 0 radical (unpaired) electrons. The zero-order chi connectivity index (χ0) is 21.2. The van der Waals surface area contributed by atoms with Gasteiger partial charge in [-0.1, -0.05) is 51.1 Å². The summed E-state index contributed by atoms with van der Waals surface area (Å²) in [5, 5.41) is 3.54. The van der Waals surface area contributed by atoms with Crippen LogP contribution in [0.15, 0.2) is 54.7 Å². The van der Waals surface area contributed by atoms with E-state index >= 15 is 0 Å². The van der Waals surface area contributed by atoms with E-state index in [1.54, 1.807) is 6.07 Å². The van der Waals surface area contributed by atoms with Crippen LogP contribution >= 0.6 is 0 Å². The molecule has 0 spiro atoms. The highest BCUT2D eigenvalue weighted by atomic mass is 19.2. The minimum atomic E-state index is -1.00. The average Bonchev–Trinajstić information content (AvgIpc) is 2.63. The number of carbonyl (C=O) groups excluding carboxylic acids is 1. The molecule has 3 nitrogen and oxygen atoms in total. The van der Waals surface area contributed by atoms with Gasteiger partial charge in [-0.3, -0.25) is 9.78 Å². The molecule has 0 bridgehead atoms. The summed E-state index contributed by atoms with van der Waals surface area (Å²) in [7, 11) is 0. The van der Waals surface area contributed by atoms with Crippen molar-refractivity contribution in [2.75, 3.05) is 0 Å². The first kappa shape index (κ1) is 20.9. The summed E-state index contributed by atoms with van der Waals surface area (Å²) in [5.41, 5.74) is 0.882. The minimum Gasteiger partial charge on any atom is -0.346 e. The molecule has 0 unspecified atom stereocenters. The predicted octanol–water partition coefficient (Wildman–Crippen LogP) is 5.68. The van der Waals surface area contributed by atoms with Crippen molar-refractivity contribution in [3.05, 3.63) is 77.5 Å². The van der Waals surface area contributed by atoms with E-state index in [0.717, 1.165) is 18.1 Å². The van der Waals surface area contributed by atoms with Gasteiger partial charge >= 0.3 is 0 Å². The van der Waals surface area contributed by atoms with E-state index in [-0.39, 0.29) is 16.8 Å². The van der Waals surface area contributed by atoms with Crippen LogP contribution in [-0.4, -0.2) is 16.4 Å². The van der Waals surface area contributed by atoms with Crippen LogP contribution in [0.1, 0.15) is 50.0 Å². The summed E-state index contributed by atoms with van der Waals surface area (Å²) >= 11 is 0. The first-order chi connectivity index (χ1) is 13.6. The number of hydrogen-bond donors (Lipinski definition) is 1. The first-order valence-corrected chi connectivity index (χ1v) is 9.67. The summed E-state index contributed by atoms with van der Waals surface area (Å²) < 4.78 is 27.3. The monoisotopic (exact) mass is 396 g/mol. The number of aromatic nitrogens is 1. The Hall–Kier alpha value is -2.82. The van der Waals surface area contributed by atoms with E-state index < -0.39 is 17.2 Å². The molecule has 0 aliphatic heterocycles. The molecule has 2 aromatic carbocycles. The van der Waals surface area contributed by atoms with Gasteiger partial charge < -0.3 is 5.32 Å². The second kappa shape index (κ2) is 7.90. The summed E-state index contributed by atoms with van der Waals surface area (Å²) in [5.74, 6) is -2.24. The molecule has 29 heavy (non-hydrogen) atoms. The molecule has 1 amide bonds. The van der Waals surface area contributed by atoms with Crippen LogP contribution in [0.4, 0.5) is 8.78 Å². The lowest BCUT2D eigenvalue weighted by atomic mass is 9.77. The quantitative estimate of drug-likeness (QED) is 0.603. The van der Waals surface area contributed by atoms with E-state index in [4.69, 9.17) is 0 Å². The number of carbonyl (C=O) groups is 1. The van der Waals surface area contributed by atoms with Crippen molar-refractivity contribution in [1.29, 1.82) is 0 Å². The third kappa shape index (κ3) is 5.17. The Morgan fingerprint density at radius 3 is 2.38 bits per heavy atom.